The van der Waals surface area contributed by atoms with Crippen LogP contribution in [0.25, 0.3) is 11.0 Å². The quantitative estimate of drug-likeness (QED) is 0.585. The van der Waals surface area contributed by atoms with Crippen LogP contribution < -0.4 is 16.4 Å². The number of nitrogens with zero attached hydrogens (tertiary/aromatic N) is 3. The summed E-state index contributed by atoms with van der Waals surface area (Å²) in [6.07, 6.45) is 2.93. The van der Waals surface area contributed by atoms with E-state index in [1.165, 1.54) is 12.5 Å². The van der Waals surface area contributed by atoms with Gasteiger partial charge in [-0.2, -0.15) is 0 Å². The Morgan fingerprint density at radius 3 is 2.80 bits per heavy atom. The zero-order chi connectivity index (χ0) is 17.8. The zero-order valence-corrected chi connectivity index (χ0v) is 15.1. The molecule has 0 aliphatic heterocycles. The standard InChI is InChI=1S/C17H17BrN6O/c1-20-8-13(10-3-2-4-11(18)7-10)24-17-15-14(22-9-23-17)12(16(19)25)5-6-21-15/h2-7,9,13,20H,8H2,1H3,(H2,19,25)(H,22,23,24). The number of amides is 1. The number of nitrogens with one attached hydrogen (secondary N) is 2. The van der Waals surface area contributed by atoms with E-state index in [0.29, 0.717) is 29.0 Å². The lowest BCUT2D eigenvalue weighted by Gasteiger charge is -2.20. The summed E-state index contributed by atoms with van der Waals surface area (Å²) in [5.74, 6) is 0.00383. The fourth-order valence-electron chi connectivity index (χ4n) is 2.61. The second-order valence-electron chi connectivity index (χ2n) is 5.45. The van der Waals surface area contributed by atoms with Gasteiger partial charge in [0, 0.05) is 17.2 Å². The molecule has 1 aromatic carbocycles. The maximum atomic E-state index is 11.6. The highest BCUT2D eigenvalue weighted by Gasteiger charge is 2.16. The van der Waals surface area contributed by atoms with Gasteiger partial charge in [0.2, 0.25) is 0 Å². The lowest BCUT2D eigenvalue weighted by Crippen LogP contribution is -2.24. The number of anilines is 1. The summed E-state index contributed by atoms with van der Waals surface area (Å²) < 4.78 is 0.995. The number of nitrogens with two attached hydrogens (primary N) is 1. The Hall–Kier alpha value is -2.58. The van der Waals surface area contributed by atoms with Crippen molar-refractivity contribution < 1.29 is 4.79 Å². The van der Waals surface area contributed by atoms with Crippen LogP contribution >= 0.6 is 15.9 Å². The van der Waals surface area contributed by atoms with Crippen molar-refractivity contribution in [1.82, 2.24) is 20.3 Å². The Morgan fingerprint density at radius 2 is 2.08 bits per heavy atom. The Labute approximate surface area is 153 Å². The van der Waals surface area contributed by atoms with E-state index >= 15 is 0 Å². The highest BCUT2D eigenvalue weighted by atomic mass is 79.9. The lowest BCUT2D eigenvalue weighted by atomic mass is 10.1. The molecule has 0 spiro atoms. The Balaban J connectivity index is 2.03. The number of carbonyl (C=O) groups excluding carboxylic acids is 1. The molecule has 0 saturated carbocycles. The topological polar surface area (TPSA) is 106 Å². The molecule has 3 aromatic rings. The number of primary amides is 1. The molecule has 25 heavy (non-hydrogen) atoms. The smallest absolute Gasteiger partial charge is 0.251 e. The molecule has 0 aliphatic carbocycles. The van der Waals surface area contributed by atoms with Crippen LogP contribution in [0.4, 0.5) is 5.82 Å². The maximum Gasteiger partial charge on any atom is 0.251 e. The molecule has 1 unspecified atom stereocenters. The van der Waals surface area contributed by atoms with Crippen molar-refractivity contribution in [3.8, 4) is 0 Å². The average molecular weight is 401 g/mol. The van der Waals surface area contributed by atoms with Crippen molar-refractivity contribution in [2.24, 2.45) is 5.73 Å². The predicted octanol–water partition coefficient (Wildman–Crippen LogP) is 2.26. The number of hydrogen-bond donors (Lipinski definition) is 3. The van der Waals surface area contributed by atoms with E-state index in [1.807, 2.05) is 31.3 Å². The molecule has 0 saturated heterocycles. The molecule has 0 bridgehead atoms. The predicted molar refractivity (Wildman–Crippen MR) is 100 cm³/mol. The molecule has 0 fully saturated rings. The first kappa shape index (κ1) is 17.2. The first-order valence-electron chi connectivity index (χ1n) is 7.66. The summed E-state index contributed by atoms with van der Waals surface area (Å²) >= 11 is 3.49. The van der Waals surface area contributed by atoms with Gasteiger partial charge in [-0.25, -0.2) is 9.97 Å². The number of pyridine rings is 1. The van der Waals surface area contributed by atoms with E-state index < -0.39 is 5.91 Å². The van der Waals surface area contributed by atoms with E-state index in [1.54, 1.807) is 6.07 Å². The highest BCUT2D eigenvalue weighted by Crippen LogP contribution is 2.25. The van der Waals surface area contributed by atoms with Gasteiger partial charge in [-0.15, -0.1) is 0 Å². The number of likely N-dealkylation sites (N-methyl/N-ethyl adjacent to an activating group) is 1. The molecule has 7 nitrogen and oxygen atoms in total. The van der Waals surface area contributed by atoms with Crippen LogP contribution in [0.5, 0.6) is 0 Å². The van der Waals surface area contributed by atoms with Gasteiger partial charge >= 0.3 is 0 Å². The SMILES string of the molecule is CNCC(Nc1ncnc2c(C(N)=O)ccnc12)c1cccc(Br)c1. The Kier molecular flexibility index (Phi) is 5.20. The third-order valence-corrected chi connectivity index (χ3v) is 4.25. The first-order valence-corrected chi connectivity index (χ1v) is 8.45. The Bertz CT molecular complexity index is 917. The monoisotopic (exact) mass is 400 g/mol. The van der Waals surface area contributed by atoms with Gasteiger partial charge in [-0.1, -0.05) is 28.1 Å². The summed E-state index contributed by atoms with van der Waals surface area (Å²) in [7, 11) is 1.88. The van der Waals surface area contributed by atoms with E-state index in [-0.39, 0.29) is 6.04 Å². The molecule has 1 amide bonds. The van der Waals surface area contributed by atoms with Gasteiger partial charge in [-0.3, -0.25) is 9.78 Å². The minimum Gasteiger partial charge on any atom is -0.366 e. The molecule has 2 aromatic heterocycles. The van der Waals surface area contributed by atoms with Gasteiger partial charge in [-0.05, 0) is 30.8 Å². The summed E-state index contributed by atoms with van der Waals surface area (Å²) in [6.45, 7) is 0.678. The van der Waals surface area contributed by atoms with Gasteiger partial charge in [0.05, 0.1) is 11.6 Å². The van der Waals surface area contributed by atoms with Gasteiger partial charge in [0.25, 0.3) is 5.91 Å². The van der Waals surface area contributed by atoms with Crippen LogP contribution in [-0.2, 0) is 0 Å². The molecule has 3 rings (SSSR count). The number of halogens is 1. The van der Waals surface area contributed by atoms with E-state index in [4.69, 9.17) is 5.73 Å². The highest BCUT2D eigenvalue weighted by molar-refractivity contribution is 9.10. The fraction of sp³-hybridized carbons (Fsp3) is 0.176. The van der Waals surface area contributed by atoms with Crippen LogP contribution in [0.15, 0.2) is 47.3 Å². The van der Waals surface area contributed by atoms with E-state index in [2.05, 4.69) is 41.5 Å². The second kappa shape index (κ2) is 7.54. The number of fused-ring (bicyclic) bond motifs is 1. The molecule has 2 heterocycles. The van der Waals surface area contributed by atoms with Crippen LogP contribution in [0, 0.1) is 0 Å². The van der Waals surface area contributed by atoms with Crippen molar-refractivity contribution >= 4 is 38.7 Å². The summed E-state index contributed by atoms with van der Waals surface area (Å²) in [5.41, 5.74) is 7.78. The number of aromatic nitrogens is 3. The second-order valence-corrected chi connectivity index (χ2v) is 6.37. The molecule has 128 valence electrons. The van der Waals surface area contributed by atoms with Crippen LogP contribution in [0.2, 0.25) is 0 Å². The molecular weight excluding hydrogens is 384 g/mol. The third-order valence-electron chi connectivity index (χ3n) is 3.76. The van der Waals surface area contributed by atoms with Crippen molar-refractivity contribution in [1.29, 1.82) is 0 Å². The van der Waals surface area contributed by atoms with E-state index in [0.717, 1.165) is 10.0 Å². The molecule has 4 N–H and O–H groups in total. The van der Waals surface area contributed by atoms with E-state index in [9.17, 15) is 4.79 Å². The zero-order valence-electron chi connectivity index (χ0n) is 13.5. The van der Waals surface area contributed by atoms with Crippen LogP contribution in [0.1, 0.15) is 22.0 Å². The average Bonchev–Trinajstić information content (AvgIpc) is 2.61. The molecule has 1 atom stereocenters. The van der Waals surface area contributed by atoms with Crippen molar-refractivity contribution in [3.63, 3.8) is 0 Å². The number of carbonyl (C=O) groups is 1. The number of rotatable bonds is 6. The van der Waals surface area contributed by atoms with Crippen molar-refractivity contribution in [2.45, 2.75) is 6.04 Å². The van der Waals surface area contributed by atoms with Gasteiger partial charge in [0.1, 0.15) is 17.4 Å². The van der Waals surface area contributed by atoms with Crippen molar-refractivity contribution in [3.05, 3.63) is 58.5 Å². The molecule has 0 aliphatic rings. The fourth-order valence-corrected chi connectivity index (χ4v) is 3.03. The molecule has 8 heteroatoms. The third kappa shape index (κ3) is 3.75. The Morgan fingerprint density at radius 1 is 1.24 bits per heavy atom. The minimum absolute atomic E-state index is 0.0420. The minimum atomic E-state index is -0.546. The largest absolute Gasteiger partial charge is 0.366 e. The van der Waals surface area contributed by atoms with Crippen molar-refractivity contribution in [2.75, 3.05) is 18.9 Å². The lowest BCUT2D eigenvalue weighted by molar-refractivity contribution is 0.100. The summed E-state index contributed by atoms with van der Waals surface area (Å²) in [6, 6.07) is 9.54. The van der Waals surface area contributed by atoms with Gasteiger partial charge < -0.3 is 16.4 Å². The maximum absolute atomic E-state index is 11.6. The number of benzene rings is 1. The molecule has 0 radical (unpaired) electrons. The van der Waals surface area contributed by atoms with Crippen LogP contribution in [0.3, 0.4) is 0 Å². The normalized spacial score (nSPS) is 12.1. The van der Waals surface area contributed by atoms with Gasteiger partial charge in [0.15, 0.2) is 5.82 Å². The van der Waals surface area contributed by atoms with Crippen LogP contribution in [-0.4, -0.2) is 34.5 Å². The summed E-state index contributed by atoms with van der Waals surface area (Å²) in [4.78, 5) is 24.4. The molecular formula is C17H17BrN6O. The number of hydrogen-bond acceptors (Lipinski definition) is 6. The summed E-state index contributed by atoms with van der Waals surface area (Å²) in [5, 5.41) is 6.55. The first-order chi connectivity index (χ1) is 12.1.